The Morgan fingerprint density at radius 2 is 1.77 bits per heavy atom. The lowest BCUT2D eigenvalue weighted by Crippen LogP contribution is -2.41. The van der Waals surface area contributed by atoms with Crippen LogP contribution < -0.4 is 14.8 Å². The molecule has 1 aromatic carbocycles. The number of hydrogen-bond acceptors (Lipinski definition) is 4. The van der Waals surface area contributed by atoms with E-state index < -0.39 is 11.7 Å². The molecule has 1 aliphatic rings. The number of halogens is 3. The topological polar surface area (TPSA) is 60.5 Å². The maximum atomic E-state index is 12.6. The number of nitrogens with one attached hydrogen (secondary N) is 1. The quantitative estimate of drug-likeness (QED) is 0.655. The Balaban J connectivity index is 1.38. The number of hydrogen-bond donors (Lipinski definition) is 1. The van der Waals surface area contributed by atoms with Gasteiger partial charge in [0.1, 0.15) is 11.9 Å². The molecule has 5 nitrogen and oxygen atoms in total. The second-order valence-corrected chi connectivity index (χ2v) is 8.05. The third-order valence-electron chi connectivity index (χ3n) is 5.31. The van der Waals surface area contributed by atoms with Gasteiger partial charge in [0.05, 0.1) is 5.56 Å². The Morgan fingerprint density at radius 1 is 1.10 bits per heavy atom. The van der Waals surface area contributed by atoms with Crippen molar-refractivity contribution >= 4 is 5.91 Å². The van der Waals surface area contributed by atoms with Crippen molar-refractivity contribution in [1.82, 2.24) is 10.3 Å². The van der Waals surface area contributed by atoms with Gasteiger partial charge in [0, 0.05) is 18.3 Å². The monoisotopic (exact) mass is 436 g/mol. The van der Waals surface area contributed by atoms with Crippen molar-refractivity contribution in [2.45, 2.75) is 63.8 Å². The summed E-state index contributed by atoms with van der Waals surface area (Å²) in [5.41, 5.74) is 0.409. The molecule has 31 heavy (non-hydrogen) atoms. The van der Waals surface area contributed by atoms with Crippen molar-refractivity contribution in [3.63, 3.8) is 0 Å². The second-order valence-electron chi connectivity index (χ2n) is 8.05. The lowest BCUT2D eigenvalue weighted by atomic mass is 9.93. The summed E-state index contributed by atoms with van der Waals surface area (Å²) in [7, 11) is 0. The summed E-state index contributed by atoms with van der Waals surface area (Å²) in [6.45, 7) is 4.18. The summed E-state index contributed by atoms with van der Waals surface area (Å²) in [6, 6.07) is 9.93. The SMILES string of the molecule is CC(C)c1ccc(OCC(=O)NC2CCC(Oc3ccc(C(F)(F)F)cn3)CC2)cc1. The predicted molar refractivity (Wildman–Crippen MR) is 110 cm³/mol. The standard InChI is InChI=1S/C23H27F3N2O3/c1-15(2)16-3-8-19(9-4-16)30-14-21(29)28-18-6-10-20(11-7-18)31-22-12-5-17(13-27-22)23(24,25)26/h3-5,8-9,12-13,15,18,20H,6-7,10-11,14H2,1-2H3,(H,28,29). The van der Waals surface area contributed by atoms with Crippen molar-refractivity contribution in [3.8, 4) is 11.6 Å². The molecule has 0 radical (unpaired) electrons. The highest BCUT2D eigenvalue weighted by molar-refractivity contribution is 5.77. The normalized spacial score (nSPS) is 19.2. The van der Waals surface area contributed by atoms with Crippen LogP contribution in [0.25, 0.3) is 0 Å². The van der Waals surface area contributed by atoms with E-state index in [-0.39, 0.29) is 30.5 Å². The third kappa shape index (κ3) is 6.87. The minimum atomic E-state index is -4.41. The van der Waals surface area contributed by atoms with Gasteiger partial charge < -0.3 is 14.8 Å². The van der Waals surface area contributed by atoms with E-state index in [2.05, 4.69) is 24.1 Å². The Kier molecular flexibility index (Phi) is 7.41. The predicted octanol–water partition coefficient (Wildman–Crippen LogP) is 5.11. The molecule has 0 spiro atoms. The van der Waals surface area contributed by atoms with Crippen molar-refractivity contribution in [1.29, 1.82) is 0 Å². The minimum Gasteiger partial charge on any atom is -0.484 e. The zero-order valence-electron chi connectivity index (χ0n) is 17.6. The van der Waals surface area contributed by atoms with E-state index in [9.17, 15) is 18.0 Å². The molecular weight excluding hydrogens is 409 g/mol. The van der Waals surface area contributed by atoms with Crippen molar-refractivity contribution in [2.24, 2.45) is 0 Å². The number of pyridine rings is 1. The van der Waals surface area contributed by atoms with Crippen LogP contribution in [-0.2, 0) is 11.0 Å². The molecule has 0 bridgehead atoms. The average molecular weight is 436 g/mol. The molecule has 1 aromatic heterocycles. The van der Waals surface area contributed by atoms with E-state index in [1.54, 1.807) is 0 Å². The van der Waals surface area contributed by atoms with Gasteiger partial charge in [-0.3, -0.25) is 4.79 Å². The van der Waals surface area contributed by atoms with Gasteiger partial charge in [-0.2, -0.15) is 13.2 Å². The molecule has 1 heterocycles. The first-order valence-electron chi connectivity index (χ1n) is 10.4. The first kappa shape index (κ1) is 22.9. The Hall–Kier alpha value is -2.77. The molecule has 2 aromatic rings. The lowest BCUT2D eigenvalue weighted by Gasteiger charge is -2.29. The molecule has 3 rings (SSSR count). The summed E-state index contributed by atoms with van der Waals surface area (Å²) in [6.07, 6.45) is -0.954. The van der Waals surface area contributed by atoms with Gasteiger partial charge in [0.25, 0.3) is 5.91 Å². The van der Waals surface area contributed by atoms with Gasteiger partial charge in [-0.1, -0.05) is 26.0 Å². The molecule has 1 saturated carbocycles. The highest BCUT2D eigenvalue weighted by Crippen LogP contribution is 2.30. The fraction of sp³-hybridized carbons (Fsp3) is 0.478. The van der Waals surface area contributed by atoms with Crippen LogP contribution in [0.2, 0.25) is 0 Å². The van der Waals surface area contributed by atoms with E-state index in [0.29, 0.717) is 24.5 Å². The van der Waals surface area contributed by atoms with Crippen molar-refractivity contribution in [2.75, 3.05) is 6.61 Å². The number of ether oxygens (including phenoxy) is 2. The van der Waals surface area contributed by atoms with Crippen LogP contribution in [0.1, 0.15) is 56.6 Å². The largest absolute Gasteiger partial charge is 0.484 e. The van der Waals surface area contributed by atoms with E-state index in [0.717, 1.165) is 25.1 Å². The fourth-order valence-electron chi connectivity index (χ4n) is 3.48. The molecule has 0 aliphatic heterocycles. The summed E-state index contributed by atoms with van der Waals surface area (Å²) in [5, 5.41) is 2.97. The highest BCUT2D eigenvalue weighted by atomic mass is 19.4. The molecule has 1 amide bonds. The molecule has 0 unspecified atom stereocenters. The van der Waals surface area contributed by atoms with Crippen LogP contribution >= 0.6 is 0 Å². The van der Waals surface area contributed by atoms with E-state index in [4.69, 9.17) is 9.47 Å². The van der Waals surface area contributed by atoms with E-state index >= 15 is 0 Å². The maximum Gasteiger partial charge on any atom is 0.417 e. The molecule has 1 fully saturated rings. The number of rotatable bonds is 7. The number of carbonyl (C=O) groups excluding carboxylic acids is 1. The van der Waals surface area contributed by atoms with Crippen LogP contribution in [0, 0.1) is 0 Å². The van der Waals surface area contributed by atoms with Gasteiger partial charge in [-0.05, 0) is 55.4 Å². The molecule has 168 valence electrons. The summed E-state index contributed by atoms with van der Waals surface area (Å²) < 4.78 is 49.0. The van der Waals surface area contributed by atoms with E-state index in [1.807, 2.05) is 24.3 Å². The second kappa shape index (κ2) is 10.0. The molecule has 0 atom stereocenters. The molecule has 1 N–H and O–H groups in total. The maximum absolute atomic E-state index is 12.6. The van der Waals surface area contributed by atoms with Crippen molar-refractivity contribution < 1.29 is 27.4 Å². The van der Waals surface area contributed by atoms with Gasteiger partial charge in [0.15, 0.2) is 6.61 Å². The first-order valence-corrected chi connectivity index (χ1v) is 10.4. The molecule has 0 saturated heterocycles. The van der Waals surface area contributed by atoms with Gasteiger partial charge >= 0.3 is 6.18 Å². The average Bonchev–Trinajstić information content (AvgIpc) is 2.74. The zero-order valence-corrected chi connectivity index (χ0v) is 17.6. The summed E-state index contributed by atoms with van der Waals surface area (Å²) in [4.78, 5) is 15.9. The van der Waals surface area contributed by atoms with Crippen LogP contribution in [0.4, 0.5) is 13.2 Å². The molecule has 1 aliphatic carbocycles. The molecular formula is C23H27F3N2O3. The minimum absolute atomic E-state index is 0.0276. The Morgan fingerprint density at radius 3 is 2.32 bits per heavy atom. The van der Waals surface area contributed by atoms with Gasteiger partial charge in [-0.25, -0.2) is 4.98 Å². The highest BCUT2D eigenvalue weighted by Gasteiger charge is 2.31. The fourth-order valence-corrected chi connectivity index (χ4v) is 3.48. The number of nitrogens with zero attached hydrogens (tertiary/aromatic N) is 1. The molecule has 8 heteroatoms. The Labute approximate surface area is 180 Å². The van der Waals surface area contributed by atoms with Crippen LogP contribution in [0.5, 0.6) is 11.6 Å². The summed E-state index contributed by atoms with van der Waals surface area (Å²) >= 11 is 0. The van der Waals surface area contributed by atoms with Crippen LogP contribution in [-0.4, -0.2) is 29.6 Å². The number of benzene rings is 1. The number of alkyl halides is 3. The number of aromatic nitrogens is 1. The number of amides is 1. The first-order chi connectivity index (χ1) is 14.7. The smallest absolute Gasteiger partial charge is 0.417 e. The Bertz CT molecular complexity index is 844. The third-order valence-corrected chi connectivity index (χ3v) is 5.31. The summed E-state index contributed by atoms with van der Waals surface area (Å²) in [5.74, 6) is 1.09. The van der Waals surface area contributed by atoms with Crippen molar-refractivity contribution in [3.05, 3.63) is 53.7 Å². The van der Waals surface area contributed by atoms with Crippen LogP contribution in [0.15, 0.2) is 42.6 Å². The lowest BCUT2D eigenvalue weighted by molar-refractivity contribution is -0.137. The van der Waals surface area contributed by atoms with Gasteiger partial charge in [0.2, 0.25) is 5.88 Å². The van der Waals surface area contributed by atoms with Gasteiger partial charge in [-0.15, -0.1) is 0 Å². The van der Waals surface area contributed by atoms with Crippen LogP contribution in [0.3, 0.4) is 0 Å². The zero-order chi connectivity index (χ0) is 22.4. The number of carbonyl (C=O) groups is 1. The van der Waals surface area contributed by atoms with E-state index in [1.165, 1.54) is 11.6 Å².